The molecule has 0 saturated carbocycles. The highest BCUT2D eigenvalue weighted by Gasteiger charge is 2.30. The molecule has 0 aliphatic heterocycles. The van der Waals surface area contributed by atoms with Gasteiger partial charge in [-0.1, -0.05) is 80.6 Å². The van der Waals surface area contributed by atoms with Gasteiger partial charge in [-0.2, -0.15) is 0 Å². The van der Waals surface area contributed by atoms with Crippen LogP contribution in [0.4, 0.5) is 10.8 Å². The Morgan fingerprint density at radius 2 is 1.74 bits per heavy atom. The van der Waals surface area contributed by atoms with E-state index >= 15 is 0 Å². The topological polar surface area (TPSA) is 64.1 Å². The highest BCUT2D eigenvalue weighted by atomic mass is 32.1. The molecule has 1 aliphatic carbocycles. The number of nitrogens with one attached hydrogen (secondary N) is 1. The van der Waals surface area contributed by atoms with Crippen molar-refractivity contribution in [3.05, 3.63) is 94.6 Å². The van der Waals surface area contributed by atoms with Crippen molar-refractivity contribution in [2.75, 3.05) is 5.32 Å². The van der Waals surface area contributed by atoms with Crippen molar-refractivity contribution < 1.29 is 9.53 Å². The first-order valence-corrected chi connectivity index (χ1v) is 12.3. The molecular formula is C28H27N3O2S. The predicted molar refractivity (Wildman–Crippen MR) is 137 cm³/mol. The van der Waals surface area contributed by atoms with Crippen molar-refractivity contribution in [3.8, 4) is 11.6 Å². The standard InChI is InChI=1S/C28H27N3O2S/c1-28(2,3)20-12-7-8-14-24(20)33-26-21(13-9-15-29-26)30-27-31-22-16-19(17-23(32)25(22)34-27)18-10-5-4-6-11-18/h4-15,19H,16-17H2,1-3H3,(H,30,31). The van der Waals surface area contributed by atoms with Crippen LogP contribution in [0.1, 0.15) is 59.6 Å². The van der Waals surface area contributed by atoms with E-state index in [1.165, 1.54) is 16.9 Å². The number of ether oxygens (including phenoxy) is 1. The van der Waals surface area contributed by atoms with Crippen molar-refractivity contribution in [3.63, 3.8) is 0 Å². The number of nitrogens with zero attached hydrogens (tertiary/aromatic N) is 2. The summed E-state index contributed by atoms with van der Waals surface area (Å²) in [4.78, 5) is 22.9. The number of benzene rings is 2. The van der Waals surface area contributed by atoms with Crippen LogP contribution in [0.2, 0.25) is 0 Å². The summed E-state index contributed by atoms with van der Waals surface area (Å²) in [6, 6.07) is 22.0. The van der Waals surface area contributed by atoms with Gasteiger partial charge in [0.1, 0.15) is 11.4 Å². The molecule has 2 aromatic heterocycles. The monoisotopic (exact) mass is 469 g/mol. The number of Topliss-reactive ketones (excluding diaryl/α,β-unsaturated/α-hetero) is 1. The van der Waals surface area contributed by atoms with Gasteiger partial charge in [-0.05, 0) is 41.5 Å². The van der Waals surface area contributed by atoms with Gasteiger partial charge in [-0.3, -0.25) is 4.79 Å². The molecule has 5 rings (SSSR count). The van der Waals surface area contributed by atoms with Crippen LogP contribution < -0.4 is 10.1 Å². The van der Waals surface area contributed by atoms with Crippen molar-refractivity contribution in [1.29, 1.82) is 0 Å². The third kappa shape index (κ3) is 4.59. The lowest BCUT2D eigenvalue weighted by molar-refractivity contribution is 0.0968. The molecular weight excluding hydrogens is 442 g/mol. The van der Waals surface area contributed by atoms with E-state index in [4.69, 9.17) is 9.72 Å². The number of ketones is 1. The molecule has 0 fully saturated rings. The van der Waals surface area contributed by atoms with Crippen LogP contribution in [0.3, 0.4) is 0 Å². The quantitative estimate of drug-likeness (QED) is 0.333. The zero-order valence-electron chi connectivity index (χ0n) is 19.5. The first kappa shape index (κ1) is 22.3. The van der Waals surface area contributed by atoms with Crippen LogP contribution in [-0.2, 0) is 11.8 Å². The van der Waals surface area contributed by atoms with E-state index in [-0.39, 0.29) is 17.1 Å². The highest BCUT2D eigenvalue weighted by Crippen LogP contribution is 2.39. The Hall–Kier alpha value is -3.51. The van der Waals surface area contributed by atoms with E-state index in [1.54, 1.807) is 6.20 Å². The molecule has 1 aliphatic rings. The fourth-order valence-electron chi connectivity index (χ4n) is 4.31. The van der Waals surface area contributed by atoms with Gasteiger partial charge in [0.25, 0.3) is 0 Å². The maximum absolute atomic E-state index is 12.9. The SMILES string of the molecule is CC(C)(C)c1ccccc1Oc1ncccc1Nc1nc2c(s1)C(=O)CC(c1ccccc1)C2. The maximum Gasteiger partial charge on any atom is 0.243 e. The van der Waals surface area contributed by atoms with E-state index < -0.39 is 0 Å². The third-order valence-electron chi connectivity index (χ3n) is 6.01. The number of rotatable bonds is 5. The Kier molecular flexibility index (Phi) is 5.92. The highest BCUT2D eigenvalue weighted by molar-refractivity contribution is 7.17. The zero-order valence-corrected chi connectivity index (χ0v) is 20.4. The van der Waals surface area contributed by atoms with Crippen LogP contribution in [0, 0.1) is 0 Å². The Labute approximate surface area is 203 Å². The van der Waals surface area contributed by atoms with Crippen LogP contribution in [0.15, 0.2) is 72.9 Å². The number of hydrogen-bond donors (Lipinski definition) is 1. The van der Waals surface area contributed by atoms with Crippen LogP contribution in [0.25, 0.3) is 0 Å². The van der Waals surface area contributed by atoms with Gasteiger partial charge >= 0.3 is 0 Å². The normalized spacial score (nSPS) is 15.6. The fraction of sp³-hybridized carbons (Fsp3) is 0.250. The van der Waals surface area contributed by atoms with Crippen molar-refractivity contribution in [2.24, 2.45) is 0 Å². The largest absolute Gasteiger partial charge is 0.437 e. The van der Waals surface area contributed by atoms with Gasteiger partial charge in [0.2, 0.25) is 5.88 Å². The van der Waals surface area contributed by atoms with E-state index in [0.29, 0.717) is 23.1 Å². The number of pyridine rings is 1. The first-order chi connectivity index (χ1) is 16.4. The Morgan fingerprint density at radius 3 is 2.53 bits per heavy atom. The molecule has 2 aromatic carbocycles. The summed E-state index contributed by atoms with van der Waals surface area (Å²) in [5.74, 6) is 1.57. The van der Waals surface area contributed by atoms with Gasteiger partial charge in [0, 0.05) is 18.2 Å². The molecule has 34 heavy (non-hydrogen) atoms. The molecule has 172 valence electrons. The molecule has 0 bridgehead atoms. The molecule has 2 heterocycles. The second kappa shape index (κ2) is 9.03. The number of fused-ring (bicyclic) bond motifs is 1. The van der Waals surface area contributed by atoms with Gasteiger partial charge in [-0.15, -0.1) is 0 Å². The second-order valence-electron chi connectivity index (χ2n) is 9.56. The number of aromatic nitrogens is 2. The summed E-state index contributed by atoms with van der Waals surface area (Å²) in [5, 5.41) is 4.03. The second-order valence-corrected chi connectivity index (χ2v) is 10.6. The Balaban J connectivity index is 1.40. The Morgan fingerprint density at radius 1 is 0.971 bits per heavy atom. The third-order valence-corrected chi connectivity index (χ3v) is 7.06. The molecule has 6 heteroatoms. The maximum atomic E-state index is 12.9. The summed E-state index contributed by atoms with van der Waals surface area (Å²) in [6.45, 7) is 6.48. The van der Waals surface area contributed by atoms with E-state index in [1.807, 2.05) is 48.5 Å². The van der Waals surface area contributed by atoms with Gasteiger partial charge < -0.3 is 10.1 Å². The van der Waals surface area contributed by atoms with Crippen molar-refractivity contribution >= 4 is 27.9 Å². The minimum atomic E-state index is -0.0665. The molecule has 5 nitrogen and oxygen atoms in total. The average Bonchev–Trinajstić information content (AvgIpc) is 3.24. The Bertz CT molecular complexity index is 1320. The van der Waals surface area contributed by atoms with Crippen LogP contribution in [0.5, 0.6) is 11.6 Å². The van der Waals surface area contributed by atoms with Crippen molar-refractivity contribution in [1.82, 2.24) is 9.97 Å². The van der Waals surface area contributed by atoms with Crippen molar-refractivity contribution in [2.45, 2.75) is 44.9 Å². The number of para-hydroxylation sites is 1. The summed E-state index contributed by atoms with van der Waals surface area (Å²) >= 11 is 1.40. The molecule has 4 aromatic rings. The molecule has 0 saturated heterocycles. The summed E-state index contributed by atoms with van der Waals surface area (Å²) in [5.41, 5.74) is 3.80. The minimum absolute atomic E-state index is 0.0665. The van der Waals surface area contributed by atoms with Crippen LogP contribution in [-0.4, -0.2) is 15.8 Å². The molecule has 1 atom stereocenters. The number of carbonyl (C=O) groups is 1. The van der Waals surface area contributed by atoms with Gasteiger partial charge in [-0.25, -0.2) is 9.97 Å². The molecule has 1 N–H and O–H groups in total. The fourth-order valence-corrected chi connectivity index (χ4v) is 5.26. The minimum Gasteiger partial charge on any atom is -0.437 e. The lowest BCUT2D eigenvalue weighted by atomic mass is 9.85. The van der Waals surface area contributed by atoms with E-state index in [9.17, 15) is 4.79 Å². The smallest absolute Gasteiger partial charge is 0.243 e. The number of thiazole rings is 1. The number of hydrogen-bond acceptors (Lipinski definition) is 6. The first-order valence-electron chi connectivity index (χ1n) is 11.5. The summed E-state index contributed by atoms with van der Waals surface area (Å²) in [6.07, 6.45) is 2.99. The summed E-state index contributed by atoms with van der Waals surface area (Å²) in [7, 11) is 0. The summed E-state index contributed by atoms with van der Waals surface area (Å²) < 4.78 is 6.27. The van der Waals surface area contributed by atoms with Crippen LogP contribution >= 0.6 is 11.3 Å². The van der Waals surface area contributed by atoms with E-state index in [0.717, 1.165) is 28.3 Å². The lowest BCUT2D eigenvalue weighted by Gasteiger charge is -2.22. The zero-order chi connectivity index (χ0) is 23.7. The number of carbonyl (C=O) groups excluding carboxylic acids is 1. The van der Waals surface area contributed by atoms with Gasteiger partial charge in [0.05, 0.1) is 10.6 Å². The van der Waals surface area contributed by atoms with Gasteiger partial charge in [0.15, 0.2) is 10.9 Å². The molecule has 0 spiro atoms. The number of anilines is 2. The average molecular weight is 470 g/mol. The molecule has 0 amide bonds. The molecule has 0 radical (unpaired) electrons. The lowest BCUT2D eigenvalue weighted by Crippen LogP contribution is -2.17. The molecule has 1 unspecified atom stereocenters. The van der Waals surface area contributed by atoms with E-state index in [2.05, 4.69) is 49.3 Å². The predicted octanol–water partition coefficient (Wildman–Crippen LogP) is 7.28.